The summed E-state index contributed by atoms with van der Waals surface area (Å²) < 4.78 is 2.50. The highest BCUT2D eigenvalue weighted by Gasteiger charge is 2.09. The molecule has 1 heterocycles. The summed E-state index contributed by atoms with van der Waals surface area (Å²) in [5.74, 6) is 0.458. The highest BCUT2D eigenvalue weighted by atomic mass is 79.9. The molecule has 0 aliphatic rings. The zero-order valence-corrected chi connectivity index (χ0v) is 10.4. The van der Waals surface area contributed by atoms with E-state index in [9.17, 15) is 0 Å². The summed E-state index contributed by atoms with van der Waals surface area (Å²) in [6.07, 6.45) is 0. The van der Waals surface area contributed by atoms with Gasteiger partial charge in [0.1, 0.15) is 0 Å². The van der Waals surface area contributed by atoms with Crippen molar-refractivity contribution < 1.29 is 0 Å². The molecule has 0 spiro atoms. The second kappa shape index (κ2) is 4.01. The van der Waals surface area contributed by atoms with Crippen LogP contribution >= 0.6 is 27.3 Å². The first-order valence-corrected chi connectivity index (χ1v) is 6.21. The van der Waals surface area contributed by atoms with Crippen molar-refractivity contribution in [3.05, 3.63) is 33.6 Å². The van der Waals surface area contributed by atoms with Crippen LogP contribution < -0.4 is 5.73 Å². The molecule has 0 fully saturated rings. The van der Waals surface area contributed by atoms with E-state index in [2.05, 4.69) is 47.1 Å². The molecule has 1 nitrogen and oxygen atoms in total. The second-order valence-electron chi connectivity index (χ2n) is 3.44. The number of hydrogen-bond acceptors (Lipinski definition) is 2. The van der Waals surface area contributed by atoms with Gasteiger partial charge in [0.05, 0.1) is 0 Å². The van der Waals surface area contributed by atoms with Gasteiger partial charge in [-0.15, -0.1) is 11.3 Å². The molecule has 1 atom stereocenters. The maximum Gasteiger partial charge on any atom is 0.0357 e. The average molecular weight is 270 g/mol. The lowest BCUT2D eigenvalue weighted by molar-refractivity contribution is 0.790. The Morgan fingerprint density at radius 2 is 2.29 bits per heavy atom. The molecule has 0 saturated heterocycles. The molecule has 2 aromatic rings. The van der Waals surface area contributed by atoms with Crippen LogP contribution in [0.1, 0.15) is 17.7 Å². The monoisotopic (exact) mass is 269 g/mol. The van der Waals surface area contributed by atoms with Crippen LogP contribution in [-0.2, 0) is 0 Å². The van der Waals surface area contributed by atoms with Crippen LogP contribution in [0.4, 0.5) is 0 Å². The molecular weight excluding hydrogens is 258 g/mol. The quantitative estimate of drug-likeness (QED) is 0.884. The number of rotatable bonds is 2. The third-order valence-corrected chi connectivity index (χ3v) is 4.39. The van der Waals surface area contributed by atoms with Crippen molar-refractivity contribution in [2.24, 2.45) is 5.73 Å². The molecule has 2 N–H and O–H groups in total. The summed E-state index contributed by atoms with van der Waals surface area (Å²) in [6, 6.07) is 8.53. The minimum absolute atomic E-state index is 0.458. The lowest BCUT2D eigenvalue weighted by atomic mass is 10.1. The topological polar surface area (TPSA) is 26.0 Å². The highest BCUT2D eigenvalue weighted by Crippen LogP contribution is 2.34. The minimum Gasteiger partial charge on any atom is -0.330 e. The SMILES string of the molecule is CC(CN)c1cc2c(Br)cccc2s1. The summed E-state index contributed by atoms with van der Waals surface area (Å²) in [6.45, 7) is 2.88. The van der Waals surface area contributed by atoms with Gasteiger partial charge in [0.25, 0.3) is 0 Å². The number of fused-ring (bicyclic) bond motifs is 1. The smallest absolute Gasteiger partial charge is 0.0357 e. The molecule has 1 unspecified atom stereocenters. The predicted octanol–water partition coefficient (Wildman–Crippen LogP) is 3.73. The standard InChI is InChI=1S/C11H12BrNS/c1-7(6-13)11-5-8-9(12)3-2-4-10(8)14-11/h2-5,7H,6,13H2,1H3. The Balaban J connectivity index is 2.56. The Morgan fingerprint density at radius 1 is 1.50 bits per heavy atom. The number of halogens is 1. The molecule has 0 radical (unpaired) electrons. The van der Waals surface area contributed by atoms with Crippen LogP contribution in [0.2, 0.25) is 0 Å². The fraction of sp³-hybridized carbons (Fsp3) is 0.273. The molecule has 2 rings (SSSR count). The summed E-state index contributed by atoms with van der Waals surface area (Å²) in [4.78, 5) is 1.37. The molecule has 3 heteroatoms. The Kier molecular flexibility index (Phi) is 2.91. The van der Waals surface area contributed by atoms with Gasteiger partial charge in [-0.05, 0) is 24.7 Å². The Bertz CT molecular complexity index is 449. The van der Waals surface area contributed by atoms with Crippen LogP contribution in [0.5, 0.6) is 0 Å². The first kappa shape index (κ1) is 10.1. The van der Waals surface area contributed by atoms with Crippen molar-refractivity contribution in [2.45, 2.75) is 12.8 Å². The van der Waals surface area contributed by atoms with Crippen molar-refractivity contribution in [3.63, 3.8) is 0 Å². The summed E-state index contributed by atoms with van der Waals surface area (Å²) in [5.41, 5.74) is 5.66. The van der Waals surface area contributed by atoms with Gasteiger partial charge in [0, 0.05) is 25.4 Å². The van der Waals surface area contributed by atoms with Crippen molar-refractivity contribution in [1.82, 2.24) is 0 Å². The van der Waals surface area contributed by atoms with E-state index in [4.69, 9.17) is 5.73 Å². The van der Waals surface area contributed by atoms with E-state index < -0.39 is 0 Å². The summed E-state index contributed by atoms with van der Waals surface area (Å²) >= 11 is 5.39. The number of hydrogen-bond donors (Lipinski definition) is 1. The van der Waals surface area contributed by atoms with Crippen molar-refractivity contribution >= 4 is 37.4 Å². The molecule has 0 saturated carbocycles. The van der Waals surface area contributed by atoms with Crippen LogP contribution in [0.25, 0.3) is 10.1 Å². The first-order chi connectivity index (χ1) is 6.72. The zero-order chi connectivity index (χ0) is 10.1. The van der Waals surface area contributed by atoms with Gasteiger partial charge >= 0.3 is 0 Å². The highest BCUT2D eigenvalue weighted by molar-refractivity contribution is 9.10. The molecule has 0 amide bonds. The van der Waals surface area contributed by atoms with Gasteiger partial charge in [-0.3, -0.25) is 0 Å². The van der Waals surface area contributed by atoms with Crippen LogP contribution in [0.15, 0.2) is 28.7 Å². The first-order valence-electron chi connectivity index (χ1n) is 4.60. The van der Waals surface area contributed by atoms with Crippen molar-refractivity contribution in [1.29, 1.82) is 0 Å². The number of thiophene rings is 1. The fourth-order valence-electron chi connectivity index (χ4n) is 1.40. The van der Waals surface area contributed by atoms with Gasteiger partial charge in [-0.2, -0.15) is 0 Å². The van der Waals surface area contributed by atoms with Gasteiger partial charge in [0.2, 0.25) is 0 Å². The van der Waals surface area contributed by atoms with Gasteiger partial charge in [-0.1, -0.05) is 28.9 Å². The van der Waals surface area contributed by atoms with E-state index in [0.717, 1.165) is 0 Å². The normalized spacial score (nSPS) is 13.4. The van der Waals surface area contributed by atoms with E-state index in [-0.39, 0.29) is 0 Å². The van der Waals surface area contributed by atoms with Crippen molar-refractivity contribution in [2.75, 3.05) is 6.54 Å². The maximum atomic E-state index is 5.66. The zero-order valence-electron chi connectivity index (χ0n) is 7.96. The summed E-state index contributed by atoms with van der Waals surface area (Å²) in [7, 11) is 0. The molecule has 74 valence electrons. The van der Waals surface area contributed by atoms with E-state index >= 15 is 0 Å². The van der Waals surface area contributed by atoms with Crippen LogP contribution in [0, 0.1) is 0 Å². The minimum atomic E-state index is 0.458. The van der Waals surface area contributed by atoms with Gasteiger partial charge in [-0.25, -0.2) is 0 Å². The molecule has 1 aromatic carbocycles. The molecule has 0 aliphatic heterocycles. The summed E-state index contributed by atoms with van der Waals surface area (Å²) in [5, 5.41) is 1.30. The Hall–Kier alpha value is -0.380. The Morgan fingerprint density at radius 3 is 2.93 bits per heavy atom. The Labute approximate surface area is 96.1 Å². The average Bonchev–Trinajstić information content (AvgIpc) is 2.62. The second-order valence-corrected chi connectivity index (χ2v) is 5.41. The third-order valence-electron chi connectivity index (χ3n) is 2.37. The molecule has 0 bridgehead atoms. The molecule has 14 heavy (non-hydrogen) atoms. The van der Waals surface area contributed by atoms with Crippen LogP contribution in [-0.4, -0.2) is 6.54 Å². The molecular formula is C11H12BrNS. The van der Waals surface area contributed by atoms with Gasteiger partial charge < -0.3 is 5.73 Å². The number of benzene rings is 1. The third kappa shape index (κ3) is 1.72. The lowest BCUT2D eigenvalue weighted by Gasteiger charge is -2.02. The molecule has 1 aromatic heterocycles. The molecule has 0 aliphatic carbocycles. The lowest BCUT2D eigenvalue weighted by Crippen LogP contribution is -2.06. The van der Waals surface area contributed by atoms with Crippen molar-refractivity contribution in [3.8, 4) is 0 Å². The maximum absolute atomic E-state index is 5.66. The van der Waals surface area contributed by atoms with Crippen LogP contribution in [0.3, 0.4) is 0 Å². The fourth-order valence-corrected chi connectivity index (χ4v) is 3.17. The van der Waals surface area contributed by atoms with E-state index in [1.807, 2.05) is 11.3 Å². The van der Waals surface area contributed by atoms with E-state index in [0.29, 0.717) is 12.5 Å². The number of nitrogens with two attached hydrogens (primary N) is 1. The predicted molar refractivity (Wildman–Crippen MR) is 67.0 cm³/mol. The van der Waals surface area contributed by atoms with Gasteiger partial charge in [0.15, 0.2) is 0 Å². The van der Waals surface area contributed by atoms with E-state index in [1.54, 1.807) is 0 Å². The largest absolute Gasteiger partial charge is 0.330 e. The van der Waals surface area contributed by atoms with E-state index in [1.165, 1.54) is 19.4 Å².